The van der Waals surface area contributed by atoms with Gasteiger partial charge < -0.3 is 46.4 Å². The van der Waals surface area contributed by atoms with Crippen molar-refractivity contribution in [2.45, 2.75) is 58.2 Å². The Morgan fingerprint density at radius 2 is 1.52 bits per heavy atom. The second-order valence-corrected chi connectivity index (χ2v) is 5.43. The van der Waals surface area contributed by atoms with Gasteiger partial charge in [-0.1, -0.05) is 0 Å². The summed E-state index contributed by atoms with van der Waals surface area (Å²) in [7, 11) is 0. The van der Waals surface area contributed by atoms with Crippen LogP contribution in [0.2, 0.25) is 0 Å². The molecule has 0 amide bonds. The molecular weight excluding hydrogens is 402 g/mol. The Morgan fingerprint density at radius 3 is 2.04 bits per heavy atom. The van der Waals surface area contributed by atoms with Gasteiger partial charge in [0.1, 0.15) is 0 Å². The molecule has 0 unspecified atom stereocenters. The van der Waals surface area contributed by atoms with Crippen molar-refractivity contribution in [3.63, 3.8) is 0 Å². The Balaban J connectivity index is 0.00000576. The number of halogens is 1. The van der Waals surface area contributed by atoms with Gasteiger partial charge in [0, 0.05) is 20.8 Å². The molecule has 146 valence electrons. The first kappa shape index (κ1) is 23.8. The van der Waals surface area contributed by atoms with Crippen molar-refractivity contribution < 1.29 is 60.8 Å². The van der Waals surface area contributed by atoms with Gasteiger partial charge >= 0.3 is 17.9 Å². The molecule has 0 saturated carbocycles. The molecule has 1 heterocycles. The van der Waals surface area contributed by atoms with Crippen LogP contribution in [0.5, 0.6) is 0 Å². The van der Waals surface area contributed by atoms with E-state index in [4.69, 9.17) is 23.7 Å². The van der Waals surface area contributed by atoms with E-state index in [1.807, 2.05) is 0 Å². The minimum absolute atomic E-state index is 0. The molecule has 0 aromatic carbocycles. The molecule has 1 aliphatic rings. The standard InChI is InChI=1S/C15H25NO8.BrH/c1-9(17)22-12-8-21-15(20-7-5-4-6-16)14(24-11(3)19)13(12)23-10(2)18;/h12-15H,4-8,16H2,1-3H3;1H/t12-,13-,14+,15-;/m0./s1. The number of carbonyl (C=O) groups is 3. The van der Waals surface area contributed by atoms with Crippen LogP contribution in [0.1, 0.15) is 33.6 Å². The first-order valence-electron chi connectivity index (χ1n) is 7.89. The third-order valence-corrected chi connectivity index (χ3v) is 3.23. The van der Waals surface area contributed by atoms with Crippen molar-refractivity contribution in [3.8, 4) is 0 Å². The van der Waals surface area contributed by atoms with E-state index in [0.717, 1.165) is 19.4 Å². The minimum atomic E-state index is -1.02. The molecule has 10 heteroatoms. The predicted octanol–water partition coefficient (Wildman–Crippen LogP) is -3.82. The average Bonchev–Trinajstić information content (AvgIpc) is 2.47. The molecular formula is C15H26BrNO8. The van der Waals surface area contributed by atoms with Gasteiger partial charge in [0.2, 0.25) is 0 Å². The summed E-state index contributed by atoms with van der Waals surface area (Å²) in [6.07, 6.45) is -2.16. The monoisotopic (exact) mass is 427 g/mol. The topological polar surface area (TPSA) is 125 Å². The largest absolute Gasteiger partial charge is 1.00 e. The lowest BCUT2D eigenvalue weighted by molar-refractivity contribution is -0.369. The van der Waals surface area contributed by atoms with E-state index in [0.29, 0.717) is 6.61 Å². The van der Waals surface area contributed by atoms with Crippen LogP contribution < -0.4 is 22.7 Å². The fourth-order valence-corrected chi connectivity index (χ4v) is 2.33. The number of hydrogen-bond donors (Lipinski definition) is 1. The molecule has 0 radical (unpaired) electrons. The number of rotatable bonds is 8. The van der Waals surface area contributed by atoms with Crippen molar-refractivity contribution in [1.82, 2.24) is 0 Å². The molecule has 1 fully saturated rings. The molecule has 4 atom stereocenters. The highest BCUT2D eigenvalue weighted by Gasteiger charge is 2.47. The molecule has 9 nitrogen and oxygen atoms in total. The normalized spacial score (nSPS) is 25.4. The smallest absolute Gasteiger partial charge is 0.303 e. The highest BCUT2D eigenvalue weighted by Crippen LogP contribution is 2.25. The van der Waals surface area contributed by atoms with Gasteiger partial charge in [0.25, 0.3) is 0 Å². The number of esters is 3. The third kappa shape index (κ3) is 8.61. The van der Waals surface area contributed by atoms with Crippen molar-refractivity contribution in [2.24, 2.45) is 0 Å². The first-order valence-corrected chi connectivity index (χ1v) is 7.89. The van der Waals surface area contributed by atoms with Crippen LogP contribution in [0.15, 0.2) is 0 Å². The lowest BCUT2D eigenvalue weighted by atomic mass is 10.0. The van der Waals surface area contributed by atoms with Crippen molar-refractivity contribution in [1.29, 1.82) is 0 Å². The number of carbonyl (C=O) groups excluding carboxylic acids is 3. The van der Waals surface area contributed by atoms with Crippen LogP contribution in [-0.2, 0) is 38.1 Å². The van der Waals surface area contributed by atoms with Gasteiger partial charge in [0.05, 0.1) is 19.8 Å². The van der Waals surface area contributed by atoms with Gasteiger partial charge in [-0.3, -0.25) is 14.4 Å². The maximum Gasteiger partial charge on any atom is 0.303 e. The number of quaternary nitrogens is 1. The van der Waals surface area contributed by atoms with Crippen LogP contribution in [0.3, 0.4) is 0 Å². The third-order valence-electron chi connectivity index (χ3n) is 3.23. The van der Waals surface area contributed by atoms with Gasteiger partial charge in [-0.15, -0.1) is 0 Å². The zero-order valence-electron chi connectivity index (χ0n) is 14.7. The van der Waals surface area contributed by atoms with Crippen LogP contribution in [0.25, 0.3) is 0 Å². The number of unbranched alkanes of at least 4 members (excludes halogenated alkanes) is 1. The first-order chi connectivity index (χ1) is 11.3. The molecule has 1 saturated heterocycles. The second-order valence-electron chi connectivity index (χ2n) is 5.43. The van der Waals surface area contributed by atoms with Crippen molar-refractivity contribution in [2.75, 3.05) is 19.8 Å². The summed E-state index contributed by atoms with van der Waals surface area (Å²) < 4.78 is 26.7. The average molecular weight is 428 g/mol. The Hall–Kier alpha value is -1.23. The zero-order chi connectivity index (χ0) is 18.1. The van der Waals surface area contributed by atoms with E-state index in [1.54, 1.807) is 0 Å². The molecule has 1 rings (SSSR count). The van der Waals surface area contributed by atoms with Gasteiger partial charge in [0.15, 0.2) is 24.6 Å². The van der Waals surface area contributed by atoms with E-state index in [-0.39, 0.29) is 23.6 Å². The van der Waals surface area contributed by atoms with Gasteiger partial charge in [-0.25, -0.2) is 0 Å². The predicted molar refractivity (Wildman–Crippen MR) is 79.3 cm³/mol. The van der Waals surface area contributed by atoms with Crippen LogP contribution in [0.4, 0.5) is 0 Å². The molecule has 0 spiro atoms. The molecule has 25 heavy (non-hydrogen) atoms. The van der Waals surface area contributed by atoms with E-state index in [2.05, 4.69) is 5.73 Å². The van der Waals surface area contributed by atoms with Crippen LogP contribution in [-0.4, -0.2) is 62.3 Å². The van der Waals surface area contributed by atoms with Crippen LogP contribution >= 0.6 is 0 Å². The summed E-state index contributed by atoms with van der Waals surface area (Å²) in [5.41, 5.74) is 3.74. The highest BCUT2D eigenvalue weighted by atomic mass is 79.9. The number of ether oxygens (including phenoxy) is 5. The molecule has 0 bridgehead atoms. The van der Waals surface area contributed by atoms with Gasteiger partial charge in [-0.05, 0) is 12.8 Å². The number of hydrogen-bond acceptors (Lipinski definition) is 8. The fourth-order valence-electron chi connectivity index (χ4n) is 2.33. The Morgan fingerprint density at radius 1 is 0.960 bits per heavy atom. The lowest BCUT2D eigenvalue weighted by Crippen LogP contribution is -3.00. The molecule has 0 aromatic heterocycles. The fraction of sp³-hybridized carbons (Fsp3) is 0.800. The van der Waals surface area contributed by atoms with Crippen molar-refractivity contribution in [3.05, 3.63) is 0 Å². The van der Waals surface area contributed by atoms with E-state index < -0.39 is 42.5 Å². The summed E-state index contributed by atoms with van der Waals surface area (Å²) >= 11 is 0. The quantitative estimate of drug-likeness (QED) is 0.237. The Bertz CT molecular complexity index is 447. The molecule has 0 aliphatic carbocycles. The zero-order valence-corrected chi connectivity index (χ0v) is 16.3. The minimum Gasteiger partial charge on any atom is -1.00 e. The lowest BCUT2D eigenvalue weighted by Gasteiger charge is -2.40. The molecule has 0 aromatic rings. The SMILES string of the molecule is CC(=O)O[C@@H]1[C@@H](OC(C)=O)[C@@H](OCCCC[NH3+])OC[C@@H]1OC(C)=O.[Br-]. The summed E-state index contributed by atoms with van der Waals surface area (Å²) in [6, 6.07) is 0. The molecule has 1 aliphatic heterocycles. The van der Waals surface area contributed by atoms with E-state index in [9.17, 15) is 14.4 Å². The molecule has 3 N–H and O–H groups in total. The van der Waals surface area contributed by atoms with E-state index in [1.165, 1.54) is 20.8 Å². The van der Waals surface area contributed by atoms with E-state index >= 15 is 0 Å². The van der Waals surface area contributed by atoms with Gasteiger partial charge in [-0.2, -0.15) is 0 Å². The van der Waals surface area contributed by atoms with Crippen molar-refractivity contribution >= 4 is 17.9 Å². The maximum absolute atomic E-state index is 11.4. The summed E-state index contributed by atoms with van der Waals surface area (Å²) in [5.74, 6) is -1.74. The Kier molecular flexibility index (Phi) is 11.6. The highest BCUT2D eigenvalue weighted by molar-refractivity contribution is 5.68. The maximum atomic E-state index is 11.4. The Labute approximate surface area is 157 Å². The van der Waals surface area contributed by atoms with Crippen LogP contribution in [0, 0.1) is 0 Å². The summed E-state index contributed by atoms with van der Waals surface area (Å²) in [5, 5.41) is 0. The summed E-state index contributed by atoms with van der Waals surface area (Å²) in [6.45, 7) is 4.80. The second kappa shape index (κ2) is 12.2. The summed E-state index contributed by atoms with van der Waals surface area (Å²) in [4.78, 5) is 34.0.